The number of H-pyrrole nitrogens is 1. The quantitative estimate of drug-likeness (QED) is 0.727. The Labute approximate surface area is 155 Å². The predicted molar refractivity (Wildman–Crippen MR) is 99.5 cm³/mol. The first kappa shape index (κ1) is 18.4. The molecule has 1 amide bonds. The Morgan fingerprint density at radius 1 is 1.26 bits per heavy atom. The van der Waals surface area contributed by atoms with E-state index >= 15 is 0 Å². The van der Waals surface area contributed by atoms with E-state index in [1.165, 1.54) is 12.1 Å². The van der Waals surface area contributed by atoms with Gasteiger partial charge < -0.3 is 10.3 Å². The van der Waals surface area contributed by atoms with Gasteiger partial charge >= 0.3 is 0 Å². The minimum Gasteiger partial charge on any atom is -0.349 e. The molecule has 6 nitrogen and oxygen atoms in total. The van der Waals surface area contributed by atoms with Gasteiger partial charge in [-0.05, 0) is 43.7 Å². The minimum atomic E-state index is -0.356. The van der Waals surface area contributed by atoms with Crippen LogP contribution in [0.2, 0.25) is 0 Å². The SMILES string of the molecule is Cc1nc(-c2cccnc2)[nH]c(=O)c1CC(=O)NC(C)c1ccc(F)cc1. The average Bonchev–Trinajstić information content (AvgIpc) is 2.65. The molecule has 0 bridgehead atoms. The van der Waals surface area contributed by atoms with Crippen molar-refractivity contribution in [3.63, 3.8) is 0 Å². The Bertz CT molecular complexity index is 1000. The molecule has 3 rings (SSSR count). The molecular weight excluding hydrogens is 347 g/mol. The summed E-state index contributed by atoms with van der Waals surface area (Å²) in [5, 5.41) is 2.81. The number of aryl methyl sites for hydroxylation is 1. The van der Waals surface area contributed by atoms with Gasteiger partial charge in [-0.1, -0.05) is 12.1 Å². The maximum atomic E-state index is 13.0. The molecular formula is C20H19FN4O2. The van der Waals surface area contributed by atoms with Gasteiger partial charge in [0, 0.05) is 29.2 Å². The number of nitrogens with one attached hydrogen (secondary N) is 2. The number of carbonyl (C=O) groups is 1. The predicted octanol–water partition coefficient (Wildman–Crippen LogP) is 2.70. The van der Waals surface area contributed by atoms with Crippen LogP contribution in [0.3, 0.4) is 0 Å². The van der Waals surface area contributed by atoms with E-state index in [9.17, 15) is 14.0 Å². The molecule has 0 radical (unpaired) electrons. The van der Waals surface area contributed by atoms with Crippen molar-refractivity contribution in [2.24, 2.45) is 0 Å². The number of halogens is 1. The second-order valence-corrected chi connectivity index (χ2v) is 6.24. The monoisotopic (exact) mass is 366 g/mol. The van der Waals surface area contributed by atoms with E-state index in [0.29, 0.717) is 22.6 Å². The molecule has 3 aromatic rings. The number of nitrogens with zero attached hydrogens (tertiary/aromatic N) is 2. The molecule has 0 spiro atoms. The van der Waals surface area contributed by atoms with Crippen LogP contribution < -0.4 is 10.9 Å². The van der Waals surface area contributed by atoms with Crippen LogP contribution in [-0.2, 0) is 11.2 Å². The van der Waals surface area contributed by atoms with Crippen LogP contribution in [0.15, 0.2) is 53.6 Å². The maximum Gasteiger partial charge on any atom is 0.255 e. The number of rotatable bonds is 5. The standard InChI is InChI=1S/C20H19FN4O2/c1-12(14-5-7-16(21)8-6-14)23-18(26)10-17-13(2)24-19(25-20(17)27)15-4-3-9-22-11-15/h3-9,11-12H,10H2,1-2H3,(H,23,26)(H,24,25,27). The molecule has 138 valence electrons. The normalized spacial score (nSPS) is 11.8. The molecule has 0 saturated carbocycles. The largest absolute Gasteiger partial charge is 0.349 e. The van der Waals surface area contributed by atoms with Crippen molar-refractivity contribution >= 4 is 5.91 Å². The number of pyridine rings is 1. The summed E-state index contributed by atoms with van der Waals surface area (Å²) < 4.78 is 13.0. The van der Waals surface area contributed by atoms with Gasteiger partial charge in [0.1, 0.15) is 11.6 Å². The fourth-order valence-corrected chi connectivity index (χ4v) is 2.75. The summed E-state index contributed by atoms with van der Waals surface area (Å²) in [5.74, 6) is -0.231. The molecule has 0 aliphatic carbocycles. The van der Waals surface area contributed by atoms with Gasteiger partial charge in [0.2, 0.25) is 5.91 Å². The molecule has 1 unspecified atom stereocenters. The molecule has 0 fully saturated rings. The Hall–Kier alpha value is -3.35. The Balaban J connectivity index is 1.74. The first-order valence-corrected chi connectivity index (χ1v) is 8.49. The number of amides is 1. The van der Waals surface area contributed by atoms with Crippen molar-refractivity contribution in [1.29, 1.82) is 0 Å². The highest BCUT2D eigenvalue weighted by Crippen LogP contribution is 2.15. The van der Waals surface area contributed by atoms with Crippen LogP contribution in [-0.4, -0.2) is 20.9 Å². The van der Waals surface area contributed by atoms with E-state index < -0.39 is 0 Å². The number of aromatic amines is 1. The second-order valence-electron chi connectivity index (χ2n) is 6.24. The molecule has 0 aliphatic heterocycles. The summed E-state index contributed by atoms with van der Waals surface area (Å²) in [6.45, 7) is 3.49. The molecule has 2 aromatic heterocycles. The first-order valence-electron chi connectivity index (χ1n) is 8.49. The van der Waals surface area contributed by atoms with Crippen molar-refractivity contribution in [3.05, 3.63) is 81.8 Å². The lowest BCUT2D eigenvalue weighted by atomic mass is 10.1. The zero-order chi connectivity index (χ0) is 19.4. The van der Waals surface area contributed by atoms with Crippen molar-refractivity contribution in [1.82, 2.24) is 20.3 Å². The van der Waals surface area contributed by atoms with Crippen molar-refractivity contribution in [2.45, 2.75) is 26.3 Å². The van der Waals surface area contributed by atoms with Gasteiger partial charge in [0.05, 0.1) is 12.5 Å². The lowest BCUT2D eigenvalue weighted by molar-refractivity contribution is -0.121. The average molecular weight is 366 g/mol. The molecule has 0 saturated heterocycles. The smallest absolute Gasteiger partial charge is 0.255 e. The molecule has 2 heterocycles. The molecule has 1 aromatic carbocycles. The highest BCUT2D eigenvalue weighted by atomic mass is 19.1. The molecule has 0 aliphatic rings. The van der Waals surface area contributed by atoms with E-state index in [2.05, 4.69) is 20.3 Å². The Morgan fingerprint density at radius 2 is 2.00 bits per heavy atom. The first-order chi connectivity index (χ1) is 12.9. The number of hydrogen-bond donors (Lipinski definition) is 2. The summed E-state index contributed by atoms with van der Waals surface area (Å²) >= 11 is 0. The van der Waals surface area contributed by atoms with Gasteiger partial charge in [-0.2, -0.15) is 0 Å². The number of carbonyl (C=O) groups excluding carboxylic acids is 1. The van der Waals surface area contributed by atoms with E-state index in [1.807, 2.05) is 0 Å². The van der Waals surface area contributed by atoms with Crippen LogP contribution in [0.25, 0.3) is 11.4 Å². The Kier molecular flexibility index (Phi) is 5.40. The zero-order valence-electron chi connectivity index (χ0n) is 15.0. The number of hydrogen-bond acceptors (Lipinski definition) is 4. The van der Waals surface area contributed by atoms with Crippen LogP contribution in [0.4, 0.5) is 4.39 Å². The van der Waals surface area contributed by atoms with Gasteiger partial charge in [0.15, 0.2) is 0 Å². The summed E-state index contributed by atoms with van der Waals surface area (Å²) in [6.07, 6.45) is 3.15. The third-order valence-corrected chi connectivity index (χ3v) is 4.24. The third-order valence-electron chi connectivity index (χ3n) is 4.24. The summed E-state index contributed by atoms with van der Waals surface area (Å²) in [6, 6.07) is 9.15. The Morgan fingerprint density at radius 3 is 2.63 bits per heavy atom. The lowest BCUT2D eigenvalue weighted by Gasteiger charge is -2.15. The minimum absolute atomic E-state index is 0.0903. The number of benzene rings is 1. The summed E-state index contributed by atoms with van der Waals surface area (Å²) in [7, 11) is 0. The number of aromatic nitrogens is 3. The third kappa shape index (κ3) is 4.44. The lowest BCUT2D eigenvalue weighted by Crippen LogP contribution is -2.31. The molecule has 2 N–H and O–H groups in total. The highest BCUT2D eigenvalue weighted by Gasteiger charge is 2.16. The summed E-state index contributed by atoms with van der Waals surface area (Å²) in [4.78, 5) is 35.9. The van der Waals surface area contributed by atoms with Crippen LogP contribution >= 0.6 is 0 Å². The van der Waals surface area contributed by atoms with Crippen LogP contribution in [0, 0.1) is 12.7 Å². The van der Waals surface area contributed by atoms with Crippen molar-refractivity contribution in [3.8, 4) is 11.4 Å². The molecule has 1 atom stereocenters. The van der Waals surface area contributed by atoms with Crippen LogP contribution in [0.1, 0.15) is 29.8 Å². The maximum absolute atomic E-state index is 13.0. The van der Waals surface area contributed by atoms with E-state index in [0.717, 1.165) is 5.56 Å². The van der Waals surface area contributed by atoms with Gasteiger partial charge in [0.25, 0.3) is 5.56 Å². The zero-order valence-corrected chi connectivity index (χ0v) is 15.0. The topological polar surface area (TPSA) is 87.7 Å². The van der Waals surface area contributed by atoms with Crippen LogP contribution in [0.5, 0.6) is 0 Å². The highest BCUT2D eigenvalue weighted by molar-refractivity contribution is 5.79. The molecule has 27 heavy (non-hydrogen) atoms. The second kappa shape index (κ2) is 7.90. The van der Waals surface area contributed by atoms with Gasteiger partial charge in [-0.15, -0.1) is 0 Å². The molecule has 7 heteroatoms. The van der Waals surface area contributed by atoms with E-state index in [4.69, 9.17) is 0 Å². The van der Waals surface area contributed by atoms with Gasteiger partial charge in [-0.25, -0.2) is 9.37 Å². The van der Waals surface area contributed by atoms with E-state index in [1.54, 1.807) is 50.5 Å². The fourth-order valence-electron chi connectivity index (χ4n) is 2.75. The van der Waals surface area contributed by atoms with E-state index in [-0.39, 0.29) is 29.7 Å². The summed E-state index contributed by atoms with van der Waals surface area (Å²) in [5.41, 5.74) is 1.92. The van der Waals surface area contributed by atoms with Crippen molar-refractivity contribution < 1.29 is 9.18 Å². The fraction of sp³-hybridized carbons (Fsp3) is 0.200. The van der Waals surface area contributed by atoms with Crippen molar-refractivity contribution in [2.75, 3.05) is 0 Å². The van der Waals surface area contributed by atoms with Gasteiger partial charge in [-0.3, -0.25) is 14.6 Å².